The van der Waals surface area contributed by atoms with Crippen molar-refractivity contribution < 1.29 is 13.9 Å². The molecule has 0 saturated carbocycles. The summed E-state index contributed by atoms with van der Waals surface area (Å²) in [5, 5.41) is 4.92. The van der Waals surface area contributed by atoms with Gasteiger partial charge in [0.15, 0.2) is 11.5 Å². The second-order valence-corrected chi connectivity index (χ2v) is 8.49. The number of aromatic amines is 1. The standard InChI is InChI=1S/C25H22BrFN2O2/c1-30-23-12-15(7-9-22(23)31-14-16-6-8-17(27)13-20(16)26)24-25-19(10-11-28-24)18-4-2-3-5-21(18)29-25/h2-9,12-13,24,28-29H,10-11,14H2,1H3. The summed E-state index contributed by atoms with van der Waals surface area (Å²) in [6.07, 6.45) is 1.00. The Kier molecular flexibility index (Phi) is 5.42. The van der Waals surface area contributed by atoms with Gasteiger partial charge in [0.05, 0.1) is 13.2 Å². The summed E-state index contributed by atoms with van der Waals surface area (Å²) < 4.78 is 25.6. The lowest BCUT2D eigenvalue weighted by atomic mass is 9.94. The summed E-state index contributed by atoms with van der Waals surface area (Å²) >= 11 is 3.39. The van der Waals surface area contributed by atoms with Gasteiger partial charge in [-0.05, 0) is 47.9 Å². The third kappa shape index (κ3) is 3.82. The molecule has 3 aromatic carbocycles. The Balaban J connectivity index is 1.43. The fourth-order valence-corrected chi connectivity index (χ4v) is 4.71. The molecule has 1 aliphatic heterocycles. The maximum absolute atomic E-state index is 13.3. The monoisotopic (exact) mass is 480 g/mol. The number of H-pyrrole nitrogens is 1. The first-order valence-corrected chi connectivity index (χ1v) is 11.0. The molecule has 6 heteroatoms. The second kappa shape index (κ2) is 8.36. The molecule has 2 heterocycles. The summed E-state index contributed by atoms with van der Waals surface area (Å²) in [5.74, 6) is 1.03. The average Bonchev–Trinajstić information content (AvgIpc) is 3.17. The minimum absolute atomic E-state index is 0.0605. The van der Waals surface area contributed by atoms with Crippen molar-refractivity contribution in [2.75, 3.05) is 13.7 Å². The molecule has 0 aliphatic carbocycles. The second-order valence-electron chi connectivity index (χ2n) is 7.63. The normalized spacial score (nSPS) is 15.6. The largest absolute Gasteiger partial charge is 0.493 e. The number of fused-ring (bicyclic) bond motifs is 3. The highest BCUT2D eigenvalue weighted by Crippen LogP contribution is 2.37. The highest BCUT2D eigenvalue weighted by atomic mass is 79.9. The first kappa shape index (κ1) is 20.1. The van der Waals surface area contributed by atoms with Crippen molar-refractivity contribution >= 4 is 26.8 Å². The fourth-order valence-electron chi connectivity index (χ4n) is 4.24. The number of nitrogens with one attached hydrogen (secondary N) is 2. The molecule has 0 amide bonds. The van der Waals surface area contributed by atoms with Gasteiger partial charge in [-0.25, -0.2) is 4.39 Å². The van der Waals surface area contributed by atoms with Gasteiger partial charge in [0.1, 0.15) is 12.4 Å². The molecule has 1 atom stereocenters. The van der Waals surface area contributed by atoms with Crippen molar-refractivity contribution in [3.8, 4) is 11.5 Å². The minimum atomic E-state index is -0.283. The number of hydrogen-bond acceptors (Lipinski definition) is 3. The van der Waals surface area contributed by atoms with E-state index in [1.807, 2.05) is 12.1 Å². The maximum Gasteiger partial charge on any atom is 0.161 e. The summed E-state index contributed by atoms with van der Waals surface area (Å²) in [4.78, 5) is 3.60. The van der Waals surface area contributed by atoms with E-state index >= 15 is 0 Å². The lowest BCUT2D eigenvalue weighted by Crippen LogP contribution is -2.30. The molecule has 1 aromatic heterocycles. The molecule has 158 valence electrons. The Morgan fingerprint density at radius 3 is 2.77 bits per heavy atom. The molecule has 4 aromatic rings. The van der Waals surface area contributed by atoms with E-state index in [4.69, 9.17) is 9.47 Å². The third-order valence-corrected chi connectivity index (χ3v) is 6.52. The topological polar surface area (TPSA) is 46.3 Å². The lowest BCUT2D eigenvalue weighted by Gasteiger charge is -2.25. The molecule has 31 heavy (non-hydrogen) atoms. The van der Waals surface area contributed by atoms with Gasteiger partial charge in [0, 0.05) is 33.2 Å². The SMILES string of the molecule is COc1cc(C2NCCc3c2[nH]c2ccccc32)ccc1OCc1ccc(F)cc1Br. The highest BCUT2D eigenvalue weighted by molar-refractivity contribution is 9.10. The molecule has 0 saturated heterocycles. The fraction of sp³-hybridized carbons (Fsp3) is 0.200. The van der Waals surface area contributed by atoms with Crippen LogP contribution in [0.3, 0.4) is 0 Å². The van der Waals surface area contributed by atoms with Crippen LogP contribution >= 0.6 is 15.9 Å². The van der Waals surface area contributed by atoms with E-state index in [0.29, 0.717) is 22.6 Å². The van der Waals surface area contributed by atoms with Crippen molar-refractivity contribution in [1.82, 2.24) is 10.3 Å². The molecule has 1 unspecified atom stereocenters. The van der Waals surface area contributed by atoms with Crippen LogP contribution in [-0.4, -0.2) is 18.6 Å². The first-order valence-electron chi connectivity index (χ1n) is 10.2. The lowest BCUT2D eigenvalue weighted by molar-refractivity contribution is 0.283. The maximum atomic E-state index is 13.3. The predicted octanol–water partition coefficient (Wildman–Crippen LogP) is 5.89. The van der Waals surface area contributed by atoms with Crippen LogP contribution in [0.15, 0.2) is 65.1 Å². The first-order chi connectivity index (χ1) is 15.1. The quantitative estimate of drug-likeness (QED) is 0.374. The van der Waals surface area contributed by atoms with Gasteiger partial charge in [0.2, 0.25) is 0 Å². The molecule has 0 radical (unpaired) electrons. The van der Waals surface area contributed by atoms with E-state index in [9.17, 15) is 4.39 Å². The van der Waals surface area contributed by atoms with E-state index in [0.717, 1.165) is 29.6 Å². The Morgan fingerprint density at radius 2 is 1.94 bits per heavy atom. The highest BCUT2D eigenvalue weighted by Gasteiger charge is 2.26. The van der Waals surface area contributed by atoms with Crippen LogP contribution < -0.4 is 14.8 Å². The zero-order valence-corrected chi connectivity index (χ0v) is 18.6. The van der Waals surface area contributed by atoms with Crippen LogP contribution in [0.5, 0.6) is 11.5 Å². The van der Waals surface area contributed by atoms with Crippen molar-refractivity contribution in [1.29, 1.82) is 0 Å². The van der Waals surface area contributed by atoms with Gasteiger partial charge in [-0.3, -0.25) is 0 Å². The van der Waals surface area contributed by atoms with Gasteiger partial charge in [0.25, 0.3) is 0 Å². The van der Waals surface area contributed by atoms with E-state index in [-0.39, 0.29) is 11.9 Å². The molecule has 0 spiro atoms. The Morgan fingerprint density at radius 1 is 1.06 bits per heavy atom. The summed E-state index contributed by atoms with van der Waals surface area (Å²) in [6, 6.07) is 19.1. The molecule has 2 N–H and O–H groups in total. The molecule has 0 bridgehead atoms. The van der Waals surface area contributed by atoms with E-state index < -0.39 is 0 Å². The van der Waals surface area contributed by atoms with Crippen molar-refractivity contribution in [2.24, 2.45) is 0 Å². The van der Waals surface area contributed by atoms with E-state index in [1.165, 1.54) is 28.8 Å². The number of halogens is 2. The minimum Gasteiger partial charge on any atom is -0.493 e. The number of rotatable bonds is 5. The van der Waals surface area contributed by atoms with Crippen molar-refractivity contribution in [2.45, 2.75) is 19.1 Å². The van der Waals surface area contributed by atoms with Gasteiger partial charge < -0.3 is 19.8 Å². The van der Waals surface area contributed by atoms with E-state index in [1.54, 1.807) is 13.2 Å². The average molecular weight is 481 g/mol. The number of benzene rings is 3. The van der Waals surface area contributed by atoms with Crippen LogP contribution in [0.1, 0.15) is 28.4 Å². The number of hydrogen-bond donors (Lipinski definition) is 2. The molecule has 0 fully saturated rings. The number of aromatic nitrogens is 1. The van der Waals surface area contributed by atoms with Crippen LogP contribution in [0, 0.1) is 5.82 Å². The molecular formula is C25H22BrFN2O2. The van der Waals surface area contributed by atoms with Crippen LogP contribution in [0.2, 0.25) is 0 Å². The van der Waals surface area contributed by atoms with Crippen molar-refractivity contribution in [3.63, 3.8) is 0 Å². The third-order valence-electron chi connectivity index (χ3n) is 5.78. The van der Waals surface area contributed by atoms with Crippen LogP contribution in [0.4, 0.5) is 4.39 Å². The zero-order chi connectivity index (χ0) is 21.4. The van der Waals surface area contributed by atoms with Crippen LogP contribution in [0.25, 0.3) is 10.9 Å². The molecule has 4 nitrogen and oxygen atoms in total. The number of ether oxygens (including phenoxy) is 2. The van der Waals surface area contributed by atoms with Gasteiger partial charge in [-0.15, -0.1) is 0 Å². The predicted molar refractivity (Wildman–Crippen MR) is 123 cm³/mol. The Labute approximate surface area is 188 Å². The van der Waals surface area contributed by atoms with Gasteiger partial charge in [-0.1, -0.05) is 46.3 Å². The Bertz CT molecular complexity index is 1250. The van der Waals surface area contributed by atoms with Crippen molar-refractivity contribution in [3.05, 3.63) is 93.3 Å². The number of para-hydroxylation sites is 1. The molecule has 5 rings (SSSR count). The number of methoxy groups -OCH3 is 1. The molecular weight excluding hydrogens is 459 g/mol. The smallest absolute Gasteiger partial charge is 0.161 e. The summed E-state index contributed by atoms with van der Waals surface area (Å²) in [5.41, 5.74) is 5.72. The summed E-state index contributed by atoms with van der Waals surface area (Å²) in [6.45, 7) is 1.23. The van der Waals surface area contributed by atoms with Gasteiger partial charge in [-0.2, -0.15) is 0 Å². The van der Waals surface area contributed by atoms with E-state index in [2.05, 4.69) is 56.6 Å². The van der Waals surface area contributed by atoms with Crippen LogP contribution in [-0.2, 0) is 13.0 Å². The van der Waals surface area contributed by atoms with Gasteiger partial charge >= 0.3 is 0 Å². The molecule has 1 aliphatic rings. The zero-order valence-electron chi connectivity index (χ0n) is 17.0. The Hall–Kier alpha value is -2.83. The summed E-state index contributed by atoms with van der Waals surface area (Å²) in [7, 11) is 1.64.